The van der Waals surface area contributed by atoms with E-state index in [1.165, 1.54) is 0 Å². The van der Waals surface area contributed by atoms with E-state index in [4.69, 9.17) is 18.0 Å². The lowest BCUT2D eigenvalue weighted by atomic mass is 10.0. The Kier molecular flexibility index (Phi) is 3.60. The van der Waals surface area contributed by atoms with Gasteiger partial charge in [-0.2, -0.15) is 0 Å². The summed E-state index contributed by atoms with van der Waals surface area (Å²) < 4.78 is 0. The maximum absolute atomic E-state index is 10.6. The van der Waals surface area contributed by atoms with Crippen molar-refractivity contribution in [3.8, 4) is 0 Å². The molecule has 0 radical (unpaired) electrons. The molecule has 1 aliphatic rings. The Balaban J connectivity index is 0.000001000. The van der Waals surface area contributed by atoms with Gasteiger partial charge in [0.25, 0.3) is 0 Å². The van der Waals surface area contributed by atoms with E-state index in [2.05, 4.69) is 0 Å². The molecule has 0 spiro atoms. The number of carbonyl (C=O) groups is 1. The van der Waals surface area contributed by atoms with Crippen molar-refractivity contribution in [1.29, 1.82) is 0 Å². The summed E-state index contributed by atoms with van der Waals surface area (Å²) in [5, 5.41) is 0. The van der Waals surface area contributed by atoms with Crippen LogP contribution in [0, 0.1) is 5.92 Å². The molecule has 60 valence electrons. The van der Waals surface area contributed by atoms with Crippen LogP contribution in [0.15, 0.2) is 24.3 Å². The Morgan fingerprint density at radius 3 is 2.55 bits per heavy atom. The highest BCUT2D eigenvalue weighted by Gasteiger charge is 2.16. The van der Waals surface area contributed by atoms with Crippen molar-refractivity contribution >= 4 is 23.0 Å². The Hall–Kier alpha value is -1.03. The number of thiocarbonyl (C=S) groups is 1. The van der Waals surface area contributed by atoms with E-state index >= 15 is 0 Å². The van der Waals surface area contributed by atoms with E-state index in [1.807, 2.05) is 0 Å². The Labute approximate surface area is 69.1 Å². The average Bonchev–Trinajstić information content (AvgIpc) is 1.88. The van der Waals surface area contributed by atoms with Crippen LogP contribution in [0.1, 0.15) is 0 Å². The minimum absolute atomic E-state index is 0. The first-order valence-corrected chi connectivity index (χ1v) is 3.30. The van der Waals surface area contributed by atoms with E-state index in [-0.39, 0.29) is 16.5 Å². The van der Waals surface area contributed by atoms with Gasteiger partial charge in [-0.1, -0.05) is 30.4 Å². The second kappa shape index (κ2) is 3.98. The van der Waals surface area contributed by atoms with E-state index in [1.54, 1.807) is 24.3 Å². The van der Waals surface area contributed by atoms with Crippen LogP contribution in [0.5, 0.6) is 0 Å². The smallest absolute Gasteiger partial charge is 0.229 e. The topological polar surface area (TPSA) is 43.1 Å². The number of hydrogen-bond donors (Lipinski definition) is 1. The zero-order valence-corrected chi connectivity index (χ0v) is 6.51. The van der Waals surface area contributed by atoms with Gasteiger partial charge in [0.1, 0.15) is 0 Å². The van der Waals surface area contributed by atoms with Gasteiger partial charge in [-0.3, -0.25) is 9.50 Å². The lowest BCUT2D eigenvalue weighted by Crippen LogP contribution is -2.27. The third-order valence-corrected chi connectivity index (χ3v) is 1.68. The van der Waals surface area contributed by atoms with Gasteiger partial charge >= 0.3 is 0 Å². The van der Waals surface area contributed by atoms with Gasteiger partial charge < -0.3 is 5.73 Å². The quantitative estimate of drug-likeness (QED) is 0.594. The van der Waals surface area contributed by atoms with Crippen molar-refractivity contribution in [2.75, 3.05) is 0 Å². The average molecular weight is 173 g/mol. The van der Waals surface area contributed by atoms with E-state index < -0.39 is 0 Å². The van der Waals surface area contributed by atoms with E-state index in [0.717, 1.165) is 0 Å². The standard InChI is InChI=1S/C7H7NOS.FH/c8-7(9)5-3-1-2-4-6(5)10;/h1-5H,(H2,8,9);1H. The lowest BCUT2D eigenvalue weighted by Gasteiger charge is -2.08. The number of nitrogens with two attached hydrogens (primary N) is 1. The molecule has 2 nitrogen and oxygen atoms in total. The SMILES string of the molecule is F.NC(=O)C1C=CC=CC1=S. The van der Waals surface area contributed by atoms with Crippen LogP contribution in [0.25, 0.3) is 0 Å². The van der Waals surface area contributed by atoms with E-state index in [0.29, 0.717) is 4.86 Å². The fraction of sp³-hybridized carbons (Fsp3) is 0.143. The van der Waals surface area contributed by atoms with Gasteiger partial charge in [0.15, 0.2) is 0 Å². The van der Waals surface area contributed by atoms with Crippen molar-refractivity contribution in [3.05, 3.63) is 24.3 Å². The largest absolute Gasteiger partial charge is 0.369 e. The summed E-state index contributed by atoms with van der Waals surface area (Å²) in [6.07, 6.45) is 6.97. The first-order chi connectivity index (χ1) is 4.72. The van der Waals surface area contributed by atoms with Crippen molar-refractivity contribution in [3.63, 3.8) is 0 Å². The molecule has 0 aromatic carbocycles. The predicted molar refractivity (Wildman–Crippen MR) is 46.1 cm³/mol. The first kappa shape index (κ1) is 9.97. The minimum atomic E-state index is -0.384. The zero-order chi connectivity index (χ0) is 7.56. The fourth-order valence-corrected chi connectivity index (χ4v) is 1.03. The molecule has 0 heterocycles. The highest BCUT2D eigenvalue weighted by molar-refractivity contribution is 7.80. The highest BCUT2D eigenvalue weighted by atomic mass is 32.1. The molecule has 1 aliphatic carbocycles. The third kappa shape index (κ3) is 2.23. The van der Waals surface area contributed by atoms with Crippen LogP contribution in [0.2, 0.25) is 0 Å². The summed E-state index contributed by atoms with van der Waals surface area (Å²) in [6, 6.07) is 0. The van der Waals surface area contributed by atoms with Crippen molar-refractivity contribution < 1.29 is 9.50 Å². The molecule has 1 unspecified atom stereocenters. The summed E-state index contributed by atoms with van der Waals surface area (Å²) >= 11 is 4.86. The molecule has 1 rings (SSSR count). The van der Waals surface area contributed by atoms with Crippen LogP contribution >= 0.6 is 12.2 Å². The summed E-state index contributed by atoms with van der Waals surface area (Å²) in [5.74, 6) is -0.759. The Morgan fingerprint density at radius 2 is 2.18 bits per heavy atom. The first-order valence-electron chi connectivity index (χ1n) is 2.90. The molecule has 0 aliphatic heterocycles. The van der Waals surface area contributed by atoms with Gasteiger partial charge in [0, 0.05) is 4.86 Å². The van der Waals surface area contributed by atoms with Crippen LogP contribution in [-0.4, -0.2) is 10.8 Å². The van der Waals surface area contributed by atoms with Crippen molar-refractivity contribution in [2.24, 2.45) is 11.7 Å². The Bertz CT molecular complexity index is 235. The molecule has 4 heteroatoms. The Morgan fingerprint density at radius 1 is 1.55 bits per heavy atom. The summed E-state index contributed by atoms with van der Waals surface area (Å²) in [5.41, 5.74) is 5.05. The number of primary amides is 1. The number of allylic oxidation sites excluding steroid dienone is 3. The van der Waals surface area contributed by atoms with Crippen LogP contribution in [0.4, 0.5) is 4.70 Å². The molecule has 11 heavy (non-hydrogen) atoms. The summed E-state index contributed by atoms with van der Waals surface area (Å²) in [6.45, 7) is 0. The van der Waals surface area contributed by atoms with Gasteiger partial charge in [-0.05, 0) is 6.08 Å². The predicted octanol–water partition coefficient (Wildman–Crippen LogP) is 0.736. The molecule has 1 amide bonds. The van der Waals surface area contributed by atoms with Crippen molar-refractivity contribution in [1.82, 2.24) is 0 Å². The maximum atomic E-state index is 10.6. The van der Waals surface area contributed by atoms with Crippen LogP contribution < -0.4 is 5.73 Å². The zero-order valence-electron chi connectivity index (χ0n) is 5.69. The molecule has 0 bridgehead atoms. The van der Waals surface area contributed by atoms with Crippen molar-refractivity contribution in [2.45, 2.75) is 0 Å². The van der Waals surface area contributed by atoms with Gasteiger partial charge in [-0.15, -0.1) is 0 Å². The lowest BCUT2D eigenvalue weighted by molar-refractivity contribution is -0.118. The molecular formula is C7H8FNOS. The molecule has 0 fully saturated rings. The molecule has 1 atom stereocenters. The number of hydrogen-bond acceptors (Lipinski definition) is 2. The van der Waals surface area contributed by atoms with Gasteiger partial charge in [-0.25, -0.2) is 0 Å². The number of amides is 1. The molecule has 0 aromatic heterocycles. The maximum Gasteiger partial charge on any atom is 0.229 e. The number of halogens is 1. The second-order valence-corrected chi connectivity index (χ2v) is 2.50. The van der Waals surface area contributed by atoms with Gasteiger partial charge in [0.05, 0.1) is 5.92 Å². The molecule has 0 saturated carbocycles. The normalized spacial score (nSPS) is 21.1. The molecule has 0 saturated heterocycles. The molecule has 0 aromatic rings. The van der Waals surface area contributed by atoms with Crippen LogP contribution in [0.3, 0.4) is 0 Å². The molecular weight excluding hydrogens is 165 g/mol. The highest BCUT2D eigenvalue weighted by Crippen LogP contribution is 2.08. The van der Waals surface area contributed by atoms with E-state index in [9.17, 15) is 4.79 Å². The number of rotatable bonds is 1. The molecule has 2 N–H and O–H groups in total. The fourth-order valence-electron chi connectivity index (χ4n) is 0.759. The van der Waals surface area contributed by atoms with Crippen LogP contribution in [-0.2, 0) is 4.79 Å². The third-order valence-electron chi connectivity index (χ3n) is 1.29. The minimum Gasteiger partial charge on any atom is -0.369 e. The summed E-state index contributed by atoms with van der Waals surface area (Å²) in [4.78, 5) is 11.2. The number of carbonyl (C=O) groups excluding carboxylic acids is 1. The monoisotopic (exact) mass is 173 g/mol. The second-order valence-electron chi connectivity index (χ2n) is 2.03. The summed E-state index contributed by atoms with van der Waals surface area (Å²) in [7, 11) is 0. The van der Waals surface area contributed by atoms with Gasteiger partial charge in [0.2, 0.25) is 5.91 Å².